The van der Waals surface area contributed by atoms with Crippen molar-refractivity contribution >= 4 is 5.91 Å². The van der Waals surface area contributed by atoms with Gasteiger partial charge in [-0.15, -0.1) is 6.58 Å². The van der Waals surface area contributed by atoms with E-state index in [1.165, 1.54) is 0 Å². The largest absolute Gasteiger partial charge is 0.493 e. The zero-order valence-electron chi connectivity index (χ0n) is 27.3. The van der Waals surface area contributed by atoms with E-state index in [9.17, 15) is 4.79 Å². The number of rotatable bonds is 18. The maximum Gasteiger partial charge on any atom is 0.236 e. The fourth-order valence-corrected chi connectivity index (χ4v) is 6.33. The second-order valence-electron chi connectivity index (χ2n) is 11.9. The molecular weight excluding hydrogens is 558 g/mol. The maximum atomic E-state index is 13.9. The number of amides is 1. The monoisotopic (exact) mass is 609 g/mol. The number of hydrogen-bond donors (Lipinski definition) is 0. The lowest BCUT2D eigenvalue weighted by molar-refractivity contribution is -0.133. The van der Waals surface area contributed by atoms with Crippen LogP contribution in [-0.4, -0.2) is 101 Å². The summed E-state index contributed by atoms with van der Waals surface area (Å²) in [6.07, 6.45) is 6.90. The third kappa shape index (κ3) is 8.39. The van der Waals surface area contributed by atoms with Crippen molar-refractivity contribution in [2.24, 2.45) is 5.92 Å². The van der Waals surface area contributed by atoms with Gasteiger partial charge in [0.2, 0.25) is 18.4 Å². The molecule has 0 saturated carbocycles. The second kappa shape index (κ2) is 16.6. The summed E-state index contributed by atoms with van der Waals surface area (Å²) >= 11 is 0. The highest BCUT2D eigenvalue weighted by molar-refractivity contribution is 5.78. The molecule has 9 heteroatoms. The summed E-state index contributed by atoms with van der Waals surface area (Å²) in [4.78, 5) is 20.5. The highest BCUT2D eigenvalue weighted by Crippen LogP contribution is 2.47. The van der Waals surface area contributed by atoms with Gasteiger partial charge in [0.25, 0.3) is 0 Å². The van der Waals surface area contributed by atoms with Crippen LogP contribution in [0.4, 0.5) is 0 Å². The zero-order valence-corrected chi connectivity index (χ0v) is 27.3. The third-order valence-electron chi connectivity index (χ3n) is 8.69. The molecule has 9 nitrogen and oxygen atoms in total. The summed E-state index contributed by atoms with van der Waals surface area (Å²) < 4.78 is 28.8. The van der Waals surface area contributed by atoms with Crippen molar-refractivity contribution < 1.29 is 28.5 Å². The summed E-state index contributed by atoms with van der Waals surface area (Å²) in [6.45, 7) is 10.8. The number of ether oxygens (including phenoxy) is 5. The van der Waals surface area contributed by atoms with E-state index < -0.39 is 0 Å². The molecule has 4 rings (SSSR count). The Morgan fingerprint density at radius 3 is 2.45 bits per heavy atom. The fourth-order valence-electron chi connectivity index (χ4n) is 6.33. The van der Waals surface area contributed by atoms with E-state index in [1.807, 2.05) is 36.4 Å². The lowest BCUT2D eigenvalue weighted by Crippen LogP contribution is -2.44. The first-order chi connectivity index (χ1) is 21.4. The van der Waals surface area contributed by atoms with Gasteiger partial charge in [0.05, 0.1) is 27.4 Å². The molecule has 0 aliphatic carbocycles. The van der Waals surface area contributed by atoms with Crippen molar-refractivity contribution in [1.82, 2.24) is 14.7 Å². The highest BCUT2D eigenvalue weighted by Gasteiger charge is 2.42. The topological polar surface area (TPSA) is 72.9 Å². The molecule has 1 amide bonds. The number of nitrogens with zero attached hydrogens (tertiary/aromatic N) is 3. The van der Waals surface area contributed by atoms with Crippen LogP contribution < -0.4 is 23.7 Å². The van der Waals surface area contributed by atoms with Gasteiger partial charge in [-0.05, 0) is 76.2 Å². The number of benzene rings is 2. The number of para-hydroxylation sites is 2. The van der Waals surface area contributed by atoms with Gasteiger partial charge in [0.15, 0.2) is 23.0 Å². The average Bonchev–Trinajstić information content (AvgIpc) is 3.64. The van der Waals surface area contributed by atoms with E-state index in [4.69, 9.17) is 23.7 Å². The van der Waals surface area contributed by atoms with Gasteiger partial charge in [0.1, 0.15) is 0 Å². The van der Waals surface area contributed by atoms with Gasteiger partial charge < -0.3 is 33.5 Å². The molecule has 3 atom stereocenters. The first-order valence-electron chi connectivity index (χ1n) is 15.9. The van der Waals surface area contributed by atoms with Crippen LogP contribution >= 0.6 is 0 Å². The van der Waals surface area contributed by atoms with Gasteiger partial charge in [0, 0.05) is 37.5 Å². The molecule has 0 radical (unpaired) electrons. The molecular formula is C35H51N3O6. The van der Waals surface area contributed by atoms with E-state index >= 15 is 0 Å². The molecule has 1 fully saturated rings. The minimum atomic E-state index is 0.0642. The number of hydrogen-bond acceptors (Lipinski definition) is 8. The molecule has 2 aliphatic heterocycles. The quantitative estimate of drug-likeness (QED) is 0.163. The van der Waals surface area contributed by atoms with Crippen LogP contribution in [-0.2, 0) is 4.79 Å². The molecule has 1 saturated heterocycles. The Balaban J connectivity index is 1.55. The average molecular weight is 610 g/mol. The van der Waals surface area contributed by atoms with Gasteiger partial charge in [-0.25, -0.2) is 0 Å². The first-order valence-corrected chi connectivity index (χ1v) is 15.9. The van der Waals surface area contributed by atoms with Crippen molar-refractivity contribution in [1.29, 1.82) is 0 Å². The summed E-state index contributed by atoms with van der Waals surface area (Å²) in [6, 6.07) is 11.8. The van der Waals surface area contributed by atoms with Gasteiger partial charge >= 0.3 is 0 Å². The molecule has 2 heterocycles. The fraction of sp³-hybridized carbons (Fsp3) is 0.571. The van der Waals surface area contributed by atoms with E-state index in [-0.39, 0.29) is 30.6 Å². The first kappa shape index (κ1) is 33.5. The lowest BCUT2D eigenvalue weighted by atomic mass is 9.84. The minimum Gasteiger partial charge on any atom is -0.493 e. The molecule has 0 aromatic heterocycles. The summed E-state index contributed by atoms with van der Waals surface area (Å²) in [5.41, 5.74) is 1.09. The molecule has 44 heavy (non-hydrogen) atoms. The van der Waals surface area contributed by atoms with E-state index in [1.54, 1.807) is 14.2 Å². The van der Waals surface area contributed by atoms with Crippen LogP contribution in [0.5, 0.6) is 28.7 Å². The Bertz CT molecular complexity index is 1220. The van der Waals surface area contributed by atoms with Crippen LogP contribution in [0.25, 0.3) is 0 Å². The van der Waals surface area contributed by atoms with Crippen LogP contribution in [0.15, 0.2) is 49.1 Å². The smallest absolute Gasteiger partial charge is 0.236 e. The van der Waals surface area contributed by atoms with E-state index in [0.29, 0.717) is 48.4 Å². The number of unbranched alkanes of at least 4 members (excludes halogenated alkanes) is 2. The Morgan fingerprint density at radius 1 is 1.02 bits per heavy atom. The molecule has 2 aliphatic rings. The molecule has 0 bridgehead atoms. The summed E-state index contributed by atoms with van der Waals surface area (Å²) in [5.74, 6) is 3.79. The normalized spacial score (nSPS) is 19.3. The molecule has 0 spiro atoms. The Morgan fingerprint density at radius 2 is 1.75 bits per heavy atom. The predicted molar refractivity (Wildman–Crippen MR) is 173 cm³/mol. The summed E-state index contributed by atoms with van der Waals surface area (Å²) in [7, 11) is 7.48. The van der Waals surface area contributed by atoms with Gasteiger partial charge in [-0.1, -0.05) is 31.6 Å². The third-order valence-corrected chi connectivity index (χ3v) is 8.69. The zero-order chi connectivity index (χ0) is 31.5. The van der Waals surface area contributed by atoms with Crippen molar-refractivity contribution in [3.05, 3.63) is 54.6 Å². The van der Waals surface area contributed by atoms with Crippen molar-refractivity contribution in [2.45, 2.75) is 51.0 Å². The van der Waals surface area contributed by atoms with Gasteiger partial charge in [-0.3, -0.25) is 9.69 Å². The molecule has 0 N–H and O–H groups in total. The molecule has 2 aromatic carbocycles. The Hall–Kier alpha value is -3.43. The second-order valence-corrected chi connectivity index (χ2v) is 11.9. The number of carbonyl (C=O) groups excluding carboxylic acids is 1. The van der Waals surface area contributed by atoms with E-state index in [0.717, 1.165) is 57.3 Å². The minimum absolute atomic E-state index is 0.0642. The van der Waals surface area contributed by atoms with Crippen LogP contribution in [0.2, 0.25) is 0 Å². The van der Waals surface area contributed by atoms with Gasteiger partial charge in [-0.2, -0.15) is 0 Å². The molecule has 2 aromatic rings. The SMILES string of the molecule is C=C[C@@H]1[C@@H](c2cc(OC)c3c(c2)OCO3)CN(CC(=O)N(CCCC)CCCCN(C)C)[C@H]1CCOc1ccccc1OC. The van der Waals surface area contributed by atoms with Crippen molar-refractivity contribution in [2.75, 3.05) is 74.4 Å². The van der Waals surface area contributed by atoms with Crippen LogP contribution in [0.3, 0.4) is 0 Å². The molecule has 242 valence electrons. The van der Waals surface area contributed by atoms with Crippen LogP contribution in [0, 0.1) is 5.92 Å². The predicted octanol–water partition coefficient (Wildman–Crippen LogP) is 5.44. The van der Waals surface area contributed by atoms with Crippen molar-refractivity contribution in [3.8, 4) is 28.7 Å². The maximum absolute atomic E-state index is 13.9. The van der Waals surface area contributed by atoms with E-state index in [2.05, 4.69) is 48.4 Å². The standard InChI is InChI=1S/C35H51N3O6/c1-7-9-18-37(19-13-12-17-36(3)4)34(39)24-38-23-28(26-21-32(41-6)35-33(22-26)43-25-44-35)27(8-2)29(38)16-20-42-31-15-11-10-14-30(31)40-5/h8,10-11,14-15,21-22,27-29H,2,7,9,12-13,16-20,23-25H2,1,3-6H3/t27-,28-,29+/m1/s1. The van der Waals surface area contributed by atoms with Crippen molar-refractivity contribution in [3.63, 3.8) is 0 Å². The number of likely N-dealkylation sites (tertiary alicyclic amines) is 1. The Labute approximate surface area is 263 Å². The van der Waals surface area contributed by atoms with Crippen LogP contribution in [0.1, 0.15) is 50.5 Å². The molecule has 0 unspecified atom stereocenters. The number of carbonyl (C=O) groups is 1. The lowest BCUT2D eigenvalue weighted by Gasteiger charge is -2.30. The summed E-state index contributed by atoms with van der Waals surface area (Å²) in [5, 5.41) is 0. The highest BCUT2D eigenvalue weighted by atomic mass is 16.7. The number of fused-ring (bicyclic) bond motifs is 1. The Kier molecular flexibility index (Phi) is 12.6. The number of methoxy groups -OCH3 is 2.